The van der Waals surface area contributed by atoms with E-state index in [4.69, 9.17) is 0 Å². The van der Waals surface area contributed by atoms with Crippen molar-refractivity contribution in [1.29, 1.82) is 0 Å². The van der Waals surface area contributed by atoms with Crippen molar-refractivity contribution >= 4 is 0 Å². The summed E-state index contributed by atoms with van der Waals surface area (Å²) in [4.78, 5) is 7.45. The van der Waals surface area contributed by atoms with Gasteiger partial charge in [-0.25, -0.2) is 4.98 Å². The molecule has 0 bridgehead atoms. The smallest absolute Gasteiger partial charge is 0.103 e. The van der Waals surface area contributed by atoms with Crippen LogP contribution in [0.2, 0.25) is 0 Å². The number of rotatable bonds is 4. The lowest BCUT2D eigenvalue weighted by atomic mass is 9.80. The maximum absolute atomic E-state index is 4.20. The fourth-order valence-electron chi connectivity index (χ4n) is 2.65. The summed E-state index contributed by atoms with van der Waals surface area (Å²) in [5, 5.41) is 3.54. The summed E-state index contributed by atoms with van der Waals surface area (Å²) in [5.41, 5.74) is 1.20. The molecule has 0 radical (unpaired) electrons. The van der Waals surface area contributed by atoms with E-state index in [0.717, 1.165) is 30.7 Å². The average Bonchev–Trinajstić information content (AvgIpc) is 2.67. The quantitative estimate of drug-likeness (QED) is 0.820. The van der Waals surface area contributed by atoms with Gasteiger partial charge in [-0.3, -0.25) is 0 Å². The van der Waals surface area contributed by atoms with Gasteiger partial charge in [-0.2, -0.15) is 0 Å². The Labute approximate surface area is 98.1 Å². The number of aryl methyl sites for hydroxylation is 1. The SMILES string of the molecule is Cc1ncc(CNCC2CCCCC2C)[nH]1. The van der Waals surface area contributed by atoms with E-state index in [0.29, 0.717) is 0 Å². The lowest BCUT2D eigenvalue weighted by Crippen LogP contribution is -2.29. The van der Waals surface area contributed by atoms with E-state index in [1.54, 1.807) is 0 Å². The molecule has 1 aromatic heterocycles. The minimum absolute atomic E-state index is 0.873. The highest BCUT2D eigenvalue weighted by Crippen LogP contribution is 2.28. The van der Waals surface area contributed by atoms with Crippen LogP contribution in [0.15, 0.2) is 6.20 Å². The van der Waals surface area contributed by atoms with E-state index in [1.165, 1.54) is 31.4 Å². The predicted molar refractivity (Wildman–Crippen MR) is 66.2 cm³/mol. The highest BCUT2D eigenvalue weighted by Gasteiger charge is 2.20. The maximum atomic E-state index is 4.20. The number of imidazole rings is 1. The van der Waals surface area contributed by atoms with E-state index in [-0.39, 0.29) is 0 Å². The Morgan fingerprint density at radius 3 is 2.94 bits per heavy atom. The molecule has 0 aliphatic heterocycles. The zero-order valence-corrected chi connectivity index (χ0v) is 10.4. The van der Waals surface area contributed by atoms with Gasteiger partial charge in [0.05, 0.1) is 0 Å². The van der Waals surface area contributed by atoms with E-state index < -0.39 is 0 Å². The first-order valence-corrected chi connectivity index (χ1v) is 6.47. The standard InChI is InChI=1S/C13H23N3/c1-10-5-3-4-6-12(10)7-14-8-13-9-15-11(2)16-13/h9-10,12,14H,3-8H2,1-2H3,(H,15,16). The molecule has 3 heteroatoms. The van der Waals surface area contributed by atoms with Crippen molar-refractivity contribution in [3.05, 3.63) is 17.7 Å². The van der Waals surface area contributed by atoms with Crippen molar-refractivity contribution in [2.45, 2.75) is 46.1 Å². The van der Waals surface area contributed by atoms with E-state index in [1.807, 2.05) is 13.1 Å². The zero-order valence-electron chi connectivity index (χ0n) is 10.4. The van der Waals surface area contributed by atoms with Gasteiger partial charge in [0.15, 0.2) is 0 Å². The van der Waals surface area contributed by atoms with Crippen molar-refractivity contribution in [1.82, 2.24) is 15.3 Å². The van der Waals surface area contributed by atoms with E-state index in [2.05, 4.69) is 22.2 Å². The van der Waals surface area contributed by atoms with Gasteiger partial charge < -0.3 is 10.3 Å². The number of hydrogen-bond acceptors (Lipinski definition) is 2. The summed E-state index contributed by atoms with van der Waals surface area (Å²) >= 11 is 0. The third kappa shape index (κ3) is 3.08. The third-order valence-corrected chi connectivity index (χ3v) is 3.77. The first-order valence-electron chi connectivity index (χ1n) is 6.47. The summed E-state index contributed by atoms with van der Waals surface area (Å²) < 4.78 is 0. The van der Waals surface area contributed by atoms with Gasteiger partial charge in [-0.1, -0.05) is 26.2 Å². The number of aromatic nitrogens is 2. The first-order chi connectivity index (χ1) is 7.75. The Bertz CT molecular complexity index is 319. The summed E-state index contributed by atoms with van der Waals surface area (Å²) in [6, 6.07) is 0. The second-order valence-electron chi connectivity index (χ2n) is 5.15. The van der Waals surface area contributed by atoms with Gasteiger partial charge >= 0.3 is 0 Å². The molecular formula is C13H23N3. The van der Waals surface area contributed by atoms with Crippen LogP contribution in [-0.2, 0) is 6.54 Å². The Morgan fingerprint density at radius 1 is 1.44 bits per heavy atom. The van der Waals surface area contributed by atoms with Crippen LogP contribution in [0.3, 0.4) is 0 Å². The fourth-order valence-corrected chi connectivity index (χ4v) is 2.65. The van der Waals surface area contributed by atoms with Crippen molar-refractivity contribution in [2.24, 2.45) is 11.8 Å². The third-order valence-electron chi connectivity index (χ3n) is 3.77. The molecule has 1 aliphatic carbocycles. The number of H-pyrrole nitrogens is 1. The Balaban J connectivity index is 1.71. The fraction of sp³-hybridized carbons (Fsp3) is 0.769. The van der Waals surface area contributed by atoms with Crippen molar-refractivity contribution in [3.8, 4) is 0 Å². The number of hydrogen-bond donors (Lipinski definition) is 2. The molecule has 1 aromatic rings. The number of nitrogens with zero attached hydrogens (tertiary/aromatic N) is 1. The van der Waals surface area contributed by atoms with E-state index in [9.17, 15) is 0 Å². The molecule has 16 heavy (non-hydrogen) atoms. The van der Waals surface area contributed by atoms with Crippen LogP contribution in [-0.4, -0.2) is 16.5 Å². The predicted octanol–water partition coefficient (Wildman–Crippen LogP) is 2.63. The molecule has 90 valence electrons. The number of aromatic amines is 1. The highest BCUT2D eigenvalue weighted by molar-refractivity contribution is 4.99. The van der Waals surface area contributed by atoms with Crippen LogP contribution < -0.4 is 5.32 Å². The molecule has 0 aromatic carbocycles. The Morgan fingerprint density at radius 2 is 2.25 bits per heavy atom. The van der Waals surface area contributed by atoms with Crippen molar-refractivity contribution < 1.29 is 0 Å². The van der Waals surface area contributed by atoms with Crippen LogP contribution >= 0.6 is 0 Å². The Hall–Kier alpha value is -0.830. The molecule has 2 N–H and O–H groups in total. The second kappa shape index (κ2) is 5.48. The van der Waals surface area contributed by atoms with Crippen molar-refractivity contribution in [3.63, 3.8) is 0 Å². The summed E-state index contributed by atoms with van der Waals surface area (Å²) in [5.74, 6) is 2.77. The molecule has 1 fully saturated rings. The lowest BCUT2D eigenvalue weighted by molar-refractivity contribution is 0.247. The molecule has 0 amide bonds. The van der Waals surface area contributed by atoms with Gasteiger partial charge in [0.2, 0.25) is 0 Å². The monoisotopic (exact) mass is 221 g/mol. The van der Waals surface area contributed by atoms with Crippen LogP contribution in [0, 0.1) is 18.8 Å². The summed E-state index contributed by atoms with van der Waals surface area (Å²) in [7, 11) is 0. The van der Waals surface area contributed by atoms with Crippen LogP contribution in [0.4, 0.5) is 0 Å². The molecule has 2 rings (SSSR count). The minimum Gasteiger partial charge on any atom is -0.345 e. The minimum atomic E-state index is 0.873. The summed E-state index contributed by atoms with van der Waals surface area (Å²) in [6.07, 6.45) is 7.58. The van der Waals surface area contributed by atoms with Crippen LogP contribution in [0.1, 0.15) is 44.1 Å². The molecule has 1 aliphatic rings. The van der Waals surface area contributed by atoms with Gasteiger partial charge in [0.1, 0.15) is 5.82 Å². The average molecular weight is 221 g/mol. The molecule has 2 atom stereocenters. The lowest BCUT2D eigenvalue weighted by Gasteiger charge is -2.28. The second-order valence-corrected chi connectivity index (χ2v) is 5.15. The van der Waals surface area contributed by atoms with Gasteiger partial charge in [-0.05, 0) is 31.7 Å². The first kappa shape index (κ1) is 11.6. The van der Waals surface area contributed by atoms with Gasteiger partial charge in [0.25, 0.3) is 0 Å². The molecular weight excluding hydrogens is 198 g/mol. The highest BCUT2D eigenvalue weighted by atomic mass is 15.0. The normalized spacial score (nSPS) is 25.9. The van der Waals surface area contributed by atoms with E-state index >= 15 is 0 Å². The molecule has 3 nitrogen and oxygen atoms in total. The summed E-state index contributed by atoms with van der Waals surface area (Å²) in [6.45, 7) is 6.46. The largest absolute Gasteiger partial charge is 0.345 e. The maximum Gasteiger partial charge on any atom is 0.103 e. The van der Waals surface area contributed by atoms with Crippen LogP contribution in [0.5, 0.6) is 0 Å². The zero-order chi connectivity index (χ0) is 11.4. The van der Waals surface area contributed by atoms with Crippen LogP contribution in [0.25, 0.3) is 0 Å². The number of nitrogens with one attached hydrogen (secondary N) is 2. The molecule has 2 unspecified atom stereocenters. The molecule has 1 heterocycles. The van der Waals surface area contributed by atoms with Gasteiger partial charge in [0, 0.05) is 18.4 Å². The molecule has 0 spiro atoms. The molecule has 0 saturated heterocycles. The van der Waals surface area contributed by atoms with Crippen molar-refractivity contribution in [2.75, 3.05) is 6.54 Å². The Kier molecular flexibility index (Phi) is 3.99. The van der Waals surface area contributed by atoms with Gasteiger partial charge in [-0.15, -0.1) is 0 Å². The molecule has 1 saturated carbocycles. The topological polar surface area (TPSA) is 40.7 Å².